The van der Waals surface area contributed by atoms with Gasteiger partial charge >= 0.3 is 5.97 Å². The Balaban J connectivity index is 1.34. The molecule has 6 saturated carbocycles. The van der Waals surface area contributed by atoms with Gasteiger partial charge in [0, 0.05) is 18.4 Å². The molecule has 3 atom stereocenters. The fraction of sp³-hybridized carbons (Fsp3) is 0.409. The molecular formula is C22H21N7O2. The van der Waals surface area contributed by atoms with Crippen LogP contribution in [0, 0.1) is 23.2 Å². The van der Waals surface area contributed by atoms with Crippen molar-refractivity contribution < 1.29 is 9.90 Å². The number of carbonyl (C=O) groups is 1. The number of H-pyrrole nitrogens is 1. The smallest absolute Gasteiger partial charge is 0.309 e. The fourth-order valence-corrected chi connectivity index (χ4v) is 6.62. The van der Waals surface area contributed by atoms with E-state index in [-0.39, 0.29) is 17.4 Å². The standard InChI is InChI=1S/C22H21N7O2/c30-21(31)15-16(12-5-6-22(15)9-11(12)10-22)24-19-14-4-2-8-29(14)28-20(25-19)17-13-3-1-7-23-18(13)27-26-17/h1-4,7-8,11-12,15-16H,5-6,9-10H2,(H,30,31)(H,23,26,27)(H,24,25,28)/t11-,12-,15+,16+,22+/m1/s1. The molecule has 6 aliphatic rings. The fourth-order valence-electron chi connectivity index (χ4n) is 6.62. The third-order valence-electron chi connectivity index (χ3n) is 7.91. The van der Waals surface area contributed by atoms with Gasteiger partial charge in [-0.25, -0.2) is 14.5 Å². The van der Waals surface area contributed by atoms with Gasteiger partial charge in [0.15, 0.2) is 11.5 Å². The van der Waals surface area contributed by atoms with Gasteiger partial charge < -0.3 is 10.4 Å². The number of nitrogens with one attached hydrogen (secondary N) is 2. The maximum absolute atomic E-state index is 12.3. The van der Waals surface area contributed by atoms with Crippen LogP contribution in [0.3, 0.4) is 0 Å². The lowest BCUT2D eigenvalue weighted by Gasteiger charge is -2.67. The predicted octanol–water partition coefficient (Wildman–Crippen LogP) is 2.97. The summed E-state index contributed by atoms with van der Waals surface area (Å²) in [7, 11) is 0. The molecule has 0 amide bonds. The molecule has 4 aromatic heterocycles. The number of hydrogen-bond donors (Lipinski definition) is 3. The predicted molar refractivity (Wildman–Crippen MR) is 112 cm³/mol. The summed E-state index contributed by atoms with van der Waals surface area (Å²) in [6.45, 7) is 0. The van der Waals surface area contributed by atoms with Crippen molar-refractivity contribution in [1.82, 2.24) is 29.8 Å². The van der Waals surface area contributed by atoms with Crippen LogP contribution in [0.1, 0.15) is 25.7 Å². The van der Waals surface area contributed by atoms with E-state index in [1.165, 1.54) is 0 Å². The molecule has 6 aliphatic carbocycles. The van der Waals surface area contributed by atoms with E-state index in [1.807, 2.05) is 30.5 Å². The first-order valence-electron chi connectivity index (χ1n) is 10.8. The number of pyridine rings is 1. The maximum atomic E-state index is 12.3. The largest absolute Gasteiger partial charge is 0.481 e. The third-order valence-corrected chi connectivity index (χ3v) is 7.91. The van der Waals surface area contributed by atoms with Crippen molar-refractivity contribution in [2.75, 3.05) is 5.32 Å². The number of nitrogens with zero attached hydrogens (tertiary/aromatic N) is 5. The van der Waals surface area contributed by atoms with Gasteiger partial charge in [0.25, 0.3) is 0 Å². The number of carboxylic acid groups (broad SMARTS) is 1. The molecule has 0 saturated heterocycles. The van der Waals surface area contributed by atoms with E-state index in [2.05, 4.69) is 25.6 Å². The summed E-state index contributed by atoms with van der Waals surface area (Å²) in [5.41, 5.74) is 2.10. The van der Waals surface area contributed by atoms with Crippen LogP contribution in [0.25, 0.3) is 28.1 Å². The molecule has 9 heteroatoms. The summed E-state index contributed by atoms with van der Waals surface area (Å²) in [6, 6.07) is 7.55. The monoisotopic (exact) mass is 415 g/mol. The average molecular weight is 415 g/mol. The van der Waals surface area contributed by atoms with Crippen molar-refractivity contribution >= 4 is 28.3 Å². The van der Waals surface area contributed by atoms with Crippen LogP contribution in [0.15, 0.2) is 36.7 Å². The molecule has 6 fully saturated rings. The lowest BCUT2D eigenvalue weighted by atomic mass is 9.38. The molecule has 0 unspecified atom stereocenters. The summed E-state index contributed by atoms with van der Waals surface area (Å²) >= 11 is 0. The highest BCUT2D eigenvalue weighted by atomic mass is 16.4. The molecule has 4 aromatic rings. The number of aromatic nitrogens is 6. The number of carboxylic acids is 1. The third kappa shape index (κ3) is 2.23. The van der Waals surface area contributed by atoms with Crippen molar-refractivity contribution in [2.24, 2.45) is 23.2 Å². The lowest BCUT2D eigenvalue weighted by molar-refractivity contribution is -0.189. The van der Waals surface area contributed by atoms with Crippen molar-refractivity contribution in [2.45, 2.75) is 31.7 Å². The molecule has 156 valence electrons. The van der Waals surface area contributed by atoms with E-state index >= 15 is 0 Å². The number of anilines is 1. The normalized spacial score (nSPS) is 31.1. The van der Waals surface area contributed by atoms with Crippen LogP contribution in [0.5, 0.6) is 0 Å². The van der Waals surface area contributed by atoms with Crippen molar-refractivity contribution in [1.29, 1.82) is 0 Å². The second-order valence-electron chi connectivity index (χ2n) is 9.31. The minimum absolute atomic E-state index is 0.0406. The van der Waals surface area contributed by atoms with Gasteiger partial charge in [-0.3, -0.25) is 9.89 Å². The van der Waals surface area contributed by atoms with Crippen LogP contribution in [-0.4, -0.2) is 46.9 Å². The van der Waals surface area contributed by atoms with Crippen LogP contribution >= 0.6 is 0 Å². The molecule has 3 bridgehead atoms. The van der Waals surface area contributed by atoms with Crippen LogP contribution in [-0.2, 0) is 4.79 Å². The Bertz CT molecular complexity index is 1350. The Morgan fingerprint density at radius 3 is 3.00 bits per heavy atom. The summed E-state index contributed by atoms with van der Waals surface area (Å²) in [4.78, 5) is 21.4. The first-order chi connectivity index (χ1) is 15.1. The summed E-state index contributed by atoms with van der Waals surface area (Å²) in [6.07, 6.45) is 7.84. The highest BCUT2D eigenvalue weighted by Gasteiger charge is 2.67. The Labute approximate surface area is 176 Å². The van der Waals surface area contributed by atoms with Crippen molar-refractivity contribution in [3.05, 3.63) is 36.7 Å². The Kier molecular flexibility index (Phi) is 3.22. The highest BCUT2D eigenvalue weighted by Crippen LogP contribution is 2.69. The van der Waals surface area contributed by atoms with E-state index < -0.39 is 5.97 Å². The van der Waals surface area contributed by atoms with Gasteiger partial charge in [0.05, 0.1) is 11.3 Å². The zero-order valence-corrected chi connectivity index (χ0v) is 16.7. The summed E-state index contributed by atoms with van der Waals surface area (Å²) in [5.74, 6) is 1.08. The van der Waals surface area contributed by atoms with Gasteiger partial charge in [0.2, 0.25) is 5.82 Å². The number of aromatic amines is 1. The van der Waals surface area contributed by atoms with Gasteiger partial charge in [-0.2, -0.15) is 5.10 Å². The van der Waals surface area contributed by atoms with Crippen molar-refractivity contribution in [3.63, 3.8) is 0 Å². The van der Waals surface area contributed by atoms with E-state index in [1.54, 1.807) is 10.7 Å². The Hall–Kier alpha value is -3.49. The topological polar surface area (TPSA) is 121 Å². The van der Waals surface area contributed by atoms with E-state index in [9.17, 15) is 9.90 Å². The average Bonchev–Trinajstić information content (AvgIpc) is 3.40. The van der Waals surface area contributed by atoms with E-state index in [0.29, 0.717) is 34.8 Å². The van der Waals surface area contributed by atoms with Crippen LogP contribution < -0.4 is 5.32 Å². The molecule has 10 rings (SSSR count). The second kappa shape index (κ2) is 5.81. The zero-order valence-electron chi connectivity index (χ0n) is 16.7. The quantitative estimate of drug-likeness (QED) is 0.468. The minimum Gasteiger partial charge on any atom is -0.481 e. The Morgan fingerprint density at radius 2 is 2.19 bits per heavy atom. The molecule has 4 heterocycles. The van der Waals surface area contributed by atoms with Gasteiger partial charge in [-0.05, 0) is 67.2 Å². The molecular weight excluding hydrogens is 394 g/mol. The first kappa shape index (κ1) is 17.2. The zero-order chi connectivity index (χ0) is 20.7. The Morgan fingerprint density at radius 1 is 1.29 bits per heavy atom. The summed E-state index contributed by atoms with van der Waals surface area (Å²) in [5, 5.41) is 26.5. The van der Waals surface area contributed by atoms with Gasteiger partial charge in [-0.15, -0.1) is 5.10 Å². The number of fused-ring (bicyclic) bond motifs is 2. The number of aliphatic carboxylic acids is 1. The molecule has 0 radical (unpaired) electrons. The first-order valence-corrected chi connectivity index (χ1v) is 10.8. The van der Waals surface area contributed by atoms with Crippen molar-refractivity contribution in [3.8, 4) is 11.5 Å². The molecule has 1 spiro atoms. The maximum Gasteiger partial charge on any atom is 0.309 e. The summed E-state index contributed by atoms with van der Waals surface area (Å²) < 4.78 is 1.78. The van der Waals surface area contributed by atoms with Gasteiger partial charge in [-0.1, -0.05) is 0 Å². The van der Waals surface area contributed by atoms with Gasteiger partial charge in [0.1, 0.15) is 11.2 Å². The van der Waals surface area contributed by atoms with E-state index in [4.69, 9.17) is 4.98 Å². The molecule has 31 heavy (non-hydrogen) atoms. The molecule has 9 nitrogen and oxygen atoms in total. The minimum atomic E-state index is -0.689. The lowest BCUT2D eigenvalue weighted by Crippen LogP contribution is -2.67. The molecule has 3 N–H and O–H groups in total. The molecule has 0 aromatic carbocycles. The second-order valence-corrected chi connectivity index (χ2v) is 9.31. The van der Waals surface area contributed by atoms with Crippen LogP contribution in [0.4, 0.5) is 5.82 Å². The SMILES string of the molecule is O=C(O)[C@@H]1[C@@H](Nc2nc(-c3n[nH]c4ncccc34)nn3cccc23)[C@@H]2CC[C@]13C[C@H]2C3. The van der Waals surface area contributed by atoms with Crippen LogP contribution in [0.2, 0.25) is 0 Å². The molecule has 0 aliphatic heterocycles. The number of rotatable bonds is 4. The number of hydrogen-bond acceptors (Lipinski definition) is 6. The highest BCUT2D eigenvalue weighted by molar-refractivity contribution is 5.89. The van der Waals surface area contributed by atoms with E-state index in [0.717, 1.165) is 36.6 Å².